The van der Waals surface area contributed by atoms with Crippen LogP contribution in [-0.2, 0) is 47.7 Å². The Labute approximate surface area is 152 Å². The Kier molecular flexibility index (Phi) is 7.90. The molecule has 0 N–H and O–H groups in total. The van der Waals surface area contributed by atoms with Crippen LogP contribution in [0, 0.1) is 10.1 Å². The molecule has 1 heterocycles. The van der Waals surface area contributed by atoms with E-state index in [1.165, 1.54) is 0 Å². The number of hydrogen-bond acceptors (Lipinski definition) is 12. The van der Waals surface area contributed by atoms with Gasteiger partial charge < -0.3 is 23.7 Å². The zero-order valence-corrected chi connectivity index (χ0v) is 14.9. The van der Waals surface area contributed by atoms with Crippen molar-refractivity contribution < 1.29 is 52.8 Å². The normalized spacial score (nSPS) is 27.0. The molecule has 0 aromatic rings. The van der Waals surface area contributed by atoms with Crippen molar-refractivity contribution in [3.8, 4) is 0 Å². The molecule has 0 aromatic heterocycles. The average molecular weight is 393 g/mol. The Balaban J connectivity index is 3.29. The van der Waals surface area contributed by atoms with Crippen molar-refractivity contribution in [2.75, 3.05) is 6.61 Å². The molecule has 0 aliphatic carbocycles. The summed E-state index contributed by atoms with van der Waals surface area (Å²) in [7, 11) is 0. The molecule has 27 heavy (non-hydrogen) atoms. The summed E-state index contributed by atoms with van der Waals surface area (Å²) in [5.41, 5.74) is 0. The lowest BCUT2D eigenvalue weighted by Crippen LogP contribution is -2.63. The molecule has 1 unspecified atom stereocenters. The van der Waals surface area contributed by atoms with Gasteiger partial charge in [-0.05, 0) is 0 Å². The molecular formula is C14H19NO12. The van der Waals surface area contributed by atoms with Crippen molar-refractivity contribution in [2.24, 2.45) is 0 Å². The van der Waals surface area contributed by atoms with Gasteiger partial charge in [0.1, 0.15) is 12.7 Å². The van der Waals surface area contributed by atoms with E-state index in [0.29, 0.717) is 0 Å². The van der Waals surface area contributed by atoms with Crippen LogP contribution in [0.4, 0.5) is 0 Å². The highest BCUT2D eigenvalue weighted by atomic mass is 17.0. The fourth-order valence-electron chi connectivity index (χ4n) is 2.36. The van der Waals surface area contributed by atoms with Gasteiger partial charge in [0.05, 0.1) is 0 Å². The molecule has 1 aliphatic heterocycles. The predicted molar refractivity (Wildman–Crippen MR) is 80.0 cm³/mol. The summed E-state index contributed by atoms with van der Waals surface area (Å²) in [6, 6.07) is 0. The zero-order chi connectivity index (χ0) is 20.7. The third kappa shape index (κ3) is 7.05. The van der Waals surface area contributed by atoms with Gasteiger partial charge in [0.2, 0.25) is 6.29 Å². The number of hydrogen-bond donors (Lipinski definition) is 0. The van der Waals surface area contributed by atoms with Gasteiger partial charge in [-0.2, -0.15) is 0 Å². The second kappa shape index (κ2) is 9.66. The highest BCUT2D eigenvalue weighted by Gasteiger charge is 2.53. The quantitative estimate of drug-likeness (QED) is 0.231. The molecular weight excluding hydrogens is 374 g/mol. The SMILES string of the molecule is CC(=O)OC[C@H]1OC(O[N+](=O)[O-])[C@H](OC(C)=O)[C@@H](OC(C)=O)[C@@H]1OC(C)=O. The van der Waals surface area contributed by atoms with Crippen LogP contribution in [-0.4, -0.2) is 66.3 Å². The minimum atomic E-state index is -1.83. The van der Waals surface area contributed by atoms with Crippen molar-refractivity contribution >= 4 is 23.9 Å². The average Bonchev–Trinajstić information content (AvgIpc) is 2.49. The van der Waals surface area contributed by atoms with Crippen LogP contribution in [0.15, 0.2) is 0 Å². The maximum absolute atomic E-state index is 11.5. The number of carbonyl (C=O) groups is 4. The Bertz CT molecular complexity index is 605. The van der Waals surface area contributed by atoms with Gasteiger partial charge in [-0.3, -0.25) is 24.0 Å². The highest BCUT2D eigenvalue weighted by molar-refractivity contribution is 5.68. The summed E-state index contributed by atoms with van der Waals surface area (Å²) in [6.07, 6.45) is -7.69. The third-order valence-electron chi connectivity index (χ3n) is 3.14. The molecule has 13 heteroatoms. The fraction of sp³-hybridized carbons (Fsp3) is 0.714. The Morgan fingerprint density at radius 2 is 1.33 bits per heavy atom. The third-order valence-corrected chi connectivity index (χ3v) is 3.14. The number of carbonyl (C=O) groups excluding carboxylic acids is 4. The summed E-state index contributed by atoms with van der Waals surface area (Å²) >= 11 is 0. The standard InChI is InChI=1S/C14H19NO12/c1-6(16)22-5-10-11(23-7(2)17)12(24-8(3)18)13(25-9(4)19)14(26-10)27-15(20)21/h10-14H,5H2,1-4H3/t10-,11-,12+,13-,14?/m1/s1. The van der Waals surface area contributed by atoms with Gasteiger partial charge in [-0.1, -0.05) is 0 Å². The molecule has 13 nitrogen and oxygen atoms in total. The largest absolute Gasteiger partial charge is 0.463 e. The molecule has 1 aliphatic rings. The van der Waals surface area contributed by atoms with Crippen LogP contribution in [0.5, 0.6) is 0 Å². The summed E-state index contributed by atoms with van der Waals surface area (Å²) < 4.78 is 25.1. The number of rotatable bonds is 7. The first-order valence-electron chi connectivity index (χ1n) is 7.63. The maximum atomic E-state index is 11.5. The van der Waals surface area contributed by atoms with E-state index in [9.17, 15) is 29.3 Å². The molecule has 1 saturated heterocycles. The smallest absolute Gasteiger partial charge is 0.303 e. The maximum Gasteiger partial charge on any atom is 0.303 e. The molecule has 0 aromatic carbocycles. The molecule has 0 bridgehead atoms. The van der Waals surface area contributed by atoms with E-state index in [4.69, 9.17) is 23.7 Å². The first-order valence-corrected chi connectivity index (χ1v) is 7.63. The van der Waals surface area contributed by atoms with Crippen molar-refractivity contribution in [3.63, 3.8) is 0 Å². The number of esters is 4. The predicted octanol–water partition coefficient (Wildman–Crippen LogP) is -0.722. The summed E-state index contributed by atoms with van der Waals surface area (Å²) in [5.74, 6) is -3.28. The molecule has 0 amide bonds. The van der Waals surface area contributed by atoms with E-state index in [0.717, 1.165) is 27.7 Å². The van der Waals surface area contributed by atoms with Gasteiger partial charge in [-0.15, -0.1) is 10.1 Å². The lowest BCUT2D eigenvalue weighted by atomic mass is 9.98. The Hall–Kier alpha value is -2.96. The molecule has 0 spiro atoms. The fourth-order valence-corrected chi connectivity index (χ4v) is 2.36. The van der Waals surface area contributed by atoms with Crippen LogP contribution in [0.3, 0.4) is 0 Å². The highest BCUT2D eigenvalue weighted by Crippen LogP contribution is 2.29. The van der Waals surface area contributed by atoms with Crippen molar-refractivity contribution in [1.29, 1.82) is 0 Å². The van der Waals surface area contributed by atoms with E-state index in [1.54, 1.807) is 0 Å². The van der Waals surface area contributed by atoms with Gasteiger partial charge in [0, 0.05) is 27.7 Å². The van der Waals surface area contributed by atoms with Crippen LogP contribution in [0.25, 0.3) is 0 Å². The van der Waals surface area contributed by atoms with Crippen LogP contribution >= 0.6 is 0 Å². The van der Waals surface area contributed by atoms with Gasteiger partial charge in [0.15, 0.2) is 18.3 Å². The van der Waals surface area contributed by atoms with E-state index < -0.39 is 66.3 Å². The summed E-state index contributed by atoms with van der Waals surface area (Å²) in [4.78, 5) is 60.5. The Morgan fingerprint density at radius 3 is 1.78 bits per heavy atom. The van der Waals surface area contributed by atoms with Crippen LogP contribution in [0.2, 0.25) is 0 Å². The van der Waals surface area contributed by atoms with Crippen LogP contribution in [0.1, 0.15) is 27.7 Å². The number of ether oxygens (including phenoxy) is 5. The topological polar surface area (TPSA) is 167 Å². The van der Waals surface area contributed by atoms with E-state index in [2.05, 4.69) is 4.84 Å². The molecule has 1 rings (SSSR count). The summed E-state index contributed by atoms with van der Waals surface area (Å²) in [6.45, 7) is 3.67. The second-order valence-electron chi connectivity index (χ2n) is 5.40. The second-order valence-corrected chi connectivity index (χ2v) is 5.40. The molecule has 5 atom stereocenters. The molecule has 0 saturated carbocycles. The summed E-state index contributed by atoms with van der Waals surface area (Å²) in [5, 5.41) is 9.54. The van der Waals surface area contributed by atoms with E-state index in [1.807, 2.05) is 0 Å². The first-order chi connectivity index (χ1) is 12.5. The van der Waals surface area contributed by atoms with Gasteiger partial charge in [0.25, 0.3) is 5.09 Å². The van der Waals surface area contributed by atoms with E-state index >= 15 is 0 Å². The lowest BCUT2D eigenvalue weighted by Gasteiger charge is -2.43. The minimum absolute atomic E-state index is 0.505. The van der Waals surface area contributed by atoms with Crippen molar-refractivity contribution in [2.45, 2.75) is 58.4 Å². The monoisotopic (exact) mass is 393 g/mol. The minimum Gasteiger partial charge on any atom is -0.463 e. The number of nitrogens with zero attached hydrogens (tertiary/aromatic N) is 1. The molecule has 152 valence electrons. The first kappa shape index (κ1) is 22.1. The van der Waals surface area contributed by atoms with E-state index in [-0.39, 0.29) is 0 Å². The lowest BCUT2D eigenvalue weighted by molar-refractivity contribution is -0.785. The van der Waals surface area contributed by atoms with Gasteiger partial charge in [-0.25, -0.2) is 0 Å². The molecule has 1 fully saturated rings. The van der Waals surface area contributed by atoms with Crippen molar-refractivity contribution in [3.05, 3.63) is 10.1 Å². The Morgan fingerprint density at radius 1 is 0.852 bits per heavy atom. The van der Waals surface area contributed by atoms with Crippen molar-refractivity contribution in [1.82, 2.24) is 0 Å². The van der Waals surface area contributed by atoms with Crippen LogP contribution < -0.4 is 0 Å². The van der Waals surface area contributed by atoms with Gasteiger partial charge >= 0.3 is 23.9 Å². The molecule has 0 radical (unpaired) electrons. The zero-order valence-electron chi connectivity index (χ0n) is 14.9.